The molecule has 1 aromatic rings. The van der Waals surface area contributed by atoms with Crippen molar-refractivity contribution in [1.29, 1.82) is 0 Å². The van der Waals surface area contributed by atoms with Crippen molar-refractivity contribution in [2.75, 3.05) is 13.1 Å². The Bertz CT molecular complexity index is 617. The van der Waals surface area contributed by atoms with Gasteiger partial charge in [-0.1, -0.05) is 30.3 Å². The molecule has 4 aliphatic carbocycles. The first-order valence-electron chi connectivity index (χ1n) is 11.0. The van der Waals surface area contributed by atoms with Gasteiger partial charge in [0.05, 0.1) is 0 Å². The van der Waals surface area contributed by atoms with E-state index in [-0.39, 0.29) is 5.41 Å². The van der Waals surface area contributed by atoms with Crippen LogP contribution in [0.1, 0.15) is 63.4 Å². The number of piperidine rings is 1. The van der Waals surface area contributed by atoms with Crippen molar-refractivity contribution in [2.45, 2.75) is 63.2 Å². The van der Waals surface area contributed by atoms with E-state index in [2.05, 4.69) is 35.6 Å². The zero-order chi connectivity index (χ0) is 17.6. The summed E-state index contributed by atoms with van der Waals surface area (Å²) in [6.07, 6.45) is 11.0. The van der Waals surface area contributed by atoms with Gasteiger partial charge in [-0.15, -0.1) is 0 Å². The standard InChI is InChI=1S/C24H33NO/c26-23(15-17-6-8-25-9-7-17)16-24(20-4-2-1-3-5-20)21-11-18-10-19(13-21)14-22(24)12-18/h1-5,17-19,21-22,25H,6-16H2. The van der Waals surface area contributed by atoms with Gasteiger partial charge in [0.1, 0.15) is 5.78 Å². The van der Waals surface area contributed by atoms with Crippen molar-refractivity contribution in [2.24, 2.45) is 29.6 Å². The van der Waals surface area contributed by atoms with Crippen molar-refractivity contribution in [1.82, 2.24) is 5.32 Å². The number of nitrogens with one attached hydrogen (secondary N) is 1. The van der Waals surface area contributed by atoms with Crippen LogP contribution in [0.4, 0.5) is 0 Å². The summed E-state index contributed by atoms with van der Waals surface area (Å²) in [6.45, 7) is 2.19. The summed E-state index contributed by atoms with van der Waals surface area (Å²) >= 11 is 0. The van der Waals surface area contributed by atoms with Crippen molar-refractivity contribution < 1.29 is 4.79 Å². The highest BCUT2D eigenvalue weighted by molar-refractivity contribution is 5.80. The summed E-state index contributed by atoms with van der Waals surface area (Å²) in [7, 11) is 0. The lowest BCUT2D eigenvalue weighted by Gasteiger charge is -2.61. The van der Waals surface area contributed by atoms with Crippen molar-refractivity contribution in [3.63, 3.8) is 0 Å². The molecule has 6 rings (SSSR count). The van der Waals surface area contributed by atoms with Gasteiger partial charge in [-0.3, -0.25) is 4.79 Å². The lowest BCUT2D eigenvalue weighted by Crippen LogP contribution is -2.56. The number of Topliss-reactive ketones (excluding diaryl/α,β-unsaturated/α-hetero) is 1. The second-order valence-corrected chi connectivity index (χ2v) is 9.82. The van der Waals surface area contributed by atoms with Gasteiger partial charge >= 0.3 is 0 Å². The highest BCUT2D eigenvalue weighted by Gasteiger charge is 2.58. The van der Waals surface area contributed by atoms with Crippen LogP contribution in [-0.4, -0.2) is 18.9 Å². The van der Waals surface area contributed by atoms with Gasteiger partial charge < -0.3 is 5.32 Å². The molecule has 140 valence electrons. The molecule has 0 atom stereocenters. The molecule has 0 spiro atoms. The van der Waals surface area contributed by atoms with Crippen LogP contribution in [0.15, 0.2) is 30.3 Å². The fourth-order valence-electron chi connectivity index (χ4n) is 7.44. The maximum atomic E-state index is 13.3. The van der Waals surface area contributed by atoms with Crippen molar-refractivity contribution in [3.8, 4) is 0 Å². The molecule has 2 heteroatoms. The number of hydrogen-bond donors (Lipinski definition) is 1. The molecule has 5 aliphatic rings. The Morgan fingerprint density at radius 1 is 0.923 bits per heavy atom. The summed E-state index contributed by atoms with van der Waals surface area (Å²) in [5.74, 6) is 4.57. The predicted molar refractivity (Wildman–Crippen MR) is 105 cm³/mol. The van der Waals surface area contributed by atoms with Crippen LogP contribution in [0.3, 0.4) is 0 Å². The molecule has 5 fully saturated rings. The number of carbonyl (C=O) groups is 1. The minimum Gasteiger partial charge on any atom is -0.317 e. The Balaban J connectivity index is 1.43. The number of hydrogen-bond acceptors (Lipinski definition) is 2. The largest absolute Gasteiger partial charge is 0.317 e. The highest BCUT2D eigenvalue weighted by Crippen LogP contribution is 2.64. The summed E-state index contributed by atoms with van der Waals surface area (Å²) in [4.78, 5) is 13.3. The second kappa shape index (κ2) is 6.78. The van der Waals surface area contributed by atoms with E-state index in [0.717, 1.165) is 49.6 Å². The first-order valence-corrected chi connectivity index (χ1v) is 11.0. The fraction of sp³-hybridized carbons (Fsp3) is 0.708. The molecule has 1 aliphatic heterocycles. The van der Waals surface area contributed by atoms with E-state index in [9.17, 15) is 4.79 Å². The number of benzene rings is 1. The summed E-state index contributed by atoms with van der Waals surface area (Å²) in [5, 5.41) is 3.43. The van der Waals surface area contributed by atoms with Gasteiger partial charge in [0.15, 0.2) is 0 Å². The third kappa shape index (κ3) is 2.85. The minimum absolute atomic E-state index is 0.151. The molecule has 26 heavy (non-hydrogen) atoms. The molecule has 2 nitrogen and oxygen atoms in total. The molecule has 4 bridgehead atoms. The number of carbonyl (C=O) groups excluding carboxylic acids is 1. The molecule has 1 aromatic carbocycles. The molecule has 4 saturated carbocycles. The van der Waals surface area contributed by atoms with E-state index in [1.54, 1.807) is 0 Å². The van der Waals surface area contributed by atoms with E-state index in [4.69, 9.17) is 0 Å². The lowest BCUT2D eigenvalue weighted by molar-refractivity contribution is -0.128. The van der Waals surface area contributed by atoms with Gasteiger partial charge in [-0.05, 0) is 93.2 Å². The second-order valence-electron chi connectivity index (χ2n) is 9.82. The normalized spacial score (nSPS) is 39.2. The van der Waals surface area contributed by atoms with Crippen LogP contribution in [0.2, 0.25) is 0 Å². The van der Waals surface area contributed by atoms with Crippen LogP contribution in [0, 0.1) is 29.6 Å². The Kier molecular flexibility index (Phi) is 4.43. The average molecular weight is 352 g/mol. The molecule has 0 amide bonds. The zero-order valence-corrected chi connectivity index (χ0v) is 16.0. The maximum absolute atomic E-state index is 13.3. The first-order chi connectivity index (χ1) is 12.7. The summed E-state index contributed by atoms with van der Waals surface area (Å²) in [6, 6.07) is 11.2. The quantitative estimate of drug-likeness (QED) is 0.831. The molecular weight excluding hydrogens is 318 g/mol. The highest BCUT2D eigenvalue weighted by atomic mass is 16.1. The summed E-state index contributed by atoms with van der Waals surface area (Å²) < 4.78 is 0. The van der Waals surface area contributed by atoms with Crippen LogP contribution in [0.5, 0.6) is 0 Å². The van der Waals surface area contributed by atoms with Crippen LogP contribution < -0.4 is 5.32 Å². The van der Waals surface area contributed by atoms with E-state index in [1.165, 1.54) is 50.5 Å². The zero-order valence-electron chi connectivity index (χ0n) is 16.0. The maximum Gasteiger partial charge on any atom is 0.134 e. The average Bonchev–Trinajstić information content (AvgIpc) is 2.66. The van der Waals surface area contributed by atoms with Crippen LogP contribution >= 0.6 is 0 Å². The van der Waals surface area contributed by atoms with E-state index in [0.29, 0.717) is 11.7 Å². The smallest absolute Gasteiger partial charge is 0.134 e. The van der Waals surface area contributed by atoms with E-state index in [1.807, 2.05) is 0 Å². The Labute approximate surface area is 158 Å². The topological polar surface area (TPSA) is 29.1 Å². The van der Waals surface area contributed by atoms with Crippen LogP contribution in [0.25, 0.3) is 0 Å². The van der Waals surface area contributed by atoms with Gasteiger partial charge in [0.25, 0.3) is 0 Å². The molecular formula is C24H33NO. The third-order valence-electron chi connectivity index (χ3n) is 8.37. The fourth-order valence-corrected chi connectivity index (χ4v) is 7.44. The van der Waals surface area contributed by atoms with Gasteiger partial charge in [-0.25, -0.2) is 0 Å². The monoisotopic (exact) mass is 351 g/mol. The van der Waals surface area contributed by atoms with Crippen LogP contribution in [-0.2, 0) is 10.2 Å². The van der Waals surface area contributed by atoms with Crippen molar-refractivity contribution in [3.05, 3.63) is 35.9 Å². The van der Waals surface area contributed by atoms with E-state index >= 15 is 0 Å². The molecule has 0 unspecified atom stereocenters. The van der Waals surface area contributed by atoms with Gasteiger partial charge in [0, 0.05) is 18.3 Å². The molecule has 0 radical (unpaired) electrons. The molecule has 1 heterocycles. The minimum atomic E-state index is 0.151. The number of ketones is 1. The van der Waals surface area contributed by atoms with Gasteiger partial charge in [0.2, 0.25) is 0 Å². The number of rotatable bonds is 5. The summed E-state index contributed by atoms with van der Waals surface area (Å²) in [5.41, 5.74) is 1.63. The molecule has 1 saturated heterocycles. The van der Waals surface area contributed by atoms with Gasteiger partial charge in [-0.2, -0.15) is 0 Å². The SMILES string of the molecule is O=C(CC1CCNCC1)CC1(c2ccccc2)C2CC3CC(C2)CC1C3. The Morgan fingerprint density at radius 2 is 1.54 bits per heavy atom. The lowest BCUT2D eigenvalue weighted by atomic mass is 9.42. The Hall–Kier alpha value is -1.15. The molecule has 0 aromatic heterocycles. The van der Waals surface area contributed by atoms with Crippen molar-refractivity contribution >= 4 is 5.78 Å². The predicted octanol–water partition coefficient (Wildman–Crippen LogP) is 4.73. The Morgan fingerprint density at radius 3 is 2.15 bits per heavy atom. The third-order valence-corrected chi connectivity index (χ3v) is 8.37. The van der Waals surface area contributed by atoms with E-state index < -0.39 is 0 Å². The first kappa shape index (κ1) is 17.0. The molecule has 1 N–H and O–H groups in total.